The Morgan fingerprint density at radius 2 is 2.15 bits per heavy atom. The van der Waals surface area contributed by atoms with E-state index < -0.39 is 10.1 Å². The fourth-order valence-corrected chi connectivity index (χ4v) is 1.50. The number of carbonyl (C=O) groups excluding carboxylic acids is 1. The SMILES string of the molecule is COC(=O)[C@H]1C[C@@H]1COS(C)(=O)=O. The fourth-order valence-electron chi connectivity index (χ4n) is 1.08. The summed E-state index contributed by atoms with van der Waals surface area (Å²) in [5.41, 5.74) is 0. The van der Waals surface area contributed by atoms with Crippen molar-refractivity contribution in [1.82, 2.24) is 0 Å². The van der Waals surface area contributed by atoms with Gasteiger partial charge in [0.25, 0.3) is 10.1 Å². The zero-order valence-electron chi connectivity index (χ0n) is 7.52. The van der Waals surface area contributed by atoms with Gasteiger partial charge in [-0.25, -0.2) is 0 Å². The summed E-state index contributed by atoms with van der Waals surface area (Å²) in [6.45, 7) is 0.0819. The first-order valence-electron chi connectivity index (χ1n) is 3.86. The largest absolute Gasteiger partial charge is 0.469 e. The van der Waals surface area contributed by atoms with Gasteiger partial charge in [0.05, 0.1) is 25.9 Å². The van der Waals surface area contributed by atoms with E-state index >= 15 is 0 Å². The number of hydrogen-bond acceptors (Lipinski definition) is 5. The van der Waals surface area contributed by atoms with Crippen LogP contribution in [0.25, 0.3) is 0 Å². The monoisotopic (exact) mass is 208 g/mol. The molecule has 5 nitrogen and oxygen atoms in total. The van der Waals surface area contributed by atoms with Crippen LogP contribution in [-0.4, -0.2) is 34.4 Å². The van der Waals surface area contributed by atoms with E-state index in [0.29, 0.717) is 6.42 Å². The summed E-state index contributed by atoms with van der Waals surface area (Å²) >= 11 is 0. The minimum atomic E-state index is -3.39. The molecule has 0 aliphatic heterocycles. The molecule has 0 N–H and O–H groups in total. The summed E-state index contributed by atoms with van der Waals surface area (Å²) in [5, 5.41) is 0. The topological polar surface area (TPSA) is 69.7 Å². The number of rotatable bonds is 4. The summed E-state index contributed by atoms with van der Waals surface area (Å²) in [6, 6.07) is 0. The summed E-state index contributed by atoms with van der Waals surface area (Å²) in [7, 11) is -2.07. The van der Waals surface area contributed by atoms with E-state index in [-0.39, 0.29) is 24.4 Å². The first-order chi connectivity index (χ1) is 5.94. The molecule has 0 aromatic heterocycles. The standard InChI is InChI=1S/C7H12O5S/c1-11-7(8)6-3-5(6)4-12-13(2,9)10/h5-6H,3-4H2,1-2H3/t5-,6+/m1/s1. The van der Waals surface area contributed by atoms with Crippen LogP contribution in [0.1, 0.15) is 6.42 Å². The van der Waals surface area contributed by atoms with Gasteiger partial charge in [0.2, 0.25) is 0 Å². The molecular formula is C7H12O5S. The van der Waals surface area contributed by atoms with Gasteiger partial charge in [-0.1, -0.05) is 0 Å². The summed E-state index contributed by atoms with van der Waals surface area (Å²) in [5.74, 6) is -0.462. The Morgan fingerprint density at radius 1 is 1.54 bits per heavy atom. The molecule has 6 heteroatoms. The van der Waals surface area contributed by atoms with Crippen LogP contribution in [0.3, 0.4) is 0 Å². The van der Waals surface area contributed by atoms with E-state index in [1.807, 2.05) is 0 Å². The molecular weight excluding hydrogens is 196 g/mol. The van der Waals surface area contributed by atoms with E-state index in [1.165, 1.54) is 7.11 Å². The van der Waals surface area contributed by atoms with Crippen LogP contribution in [0.4, 0.5) is 0 Å². The lowest BCUT2D eigenvalue weighted by molar-refractivity contribution is -0.142. The number of hydrogen-bond donors (Lipinski definition) is 0. The highest BCUT2D eigenvalue weighted by Gasteiger charge is 2.44. The van der Waals surface area contributed by atoms with Crippen molar-refractivity contribution >= 4 is 16.1 Å². The molecule has 0 aromatic rings. The minimum Gasteiger partial charge on any atom is -0.469 e. The predicted molar refractivity (Wildman–Crippen MR) is 44.4 cm³/mol. The Balaban J connectivity index is 2.26. The maximum Gasteiger partial charge on any atom is 0.309 e. The Bertz CT molecular complexity index is 294. The molecule has 0 amide bonds. The molecule has 0 unspecified atom stereocenters. The van der Waals surface area contributed by atoms with Crippen molar-refractivity contribution in [1.29, 1.82) is 0 Å². The average molecular weight is 208 g/mol. The van der Waals surface area contributed by atoms with Crippen LogP contribution in [0.5, 0.6) is 0 Å². The Kier molecular flexibility index (Phi) is 2.92. The van der Waals surface area contributed by atoms with Gasteiger partial charge in [-0.05, 0) is 12.3 Å². The van der Waals surface area contributed by atoms with Crippen LogP contribution in [0, 0.1) is 11.8 Å². The molecule has 1 rings (SSSR count). The van der Waals surface area contributed by atoms with Crippen molar-refractivity contribution in [3.05, 3.63) is 0 Å². The highest BCUT2D eigenvalue weighted by Crippen LogP contribution is 2.39. The van der Waals surface area contributed by atoms with Crippen molar-refractivity contribution in [3.8, 4) is 0 Å². The molecule has 1 saturated carbocycles. The molecule has 1 fully saturated rings. The highest BCUT2D eigenvalue weighted by atomic mass is 32.2. The molecule has 0 bridgehead atoms. The summed E-state index contributed by atoms with van der Waals surface area (Å²) in [4.78, 5) is 10.9. The predicted octanol–water partition coefficient (Wildman–Crippen LogP) is -0.228. The van der Waals surface area contributed by atoms with Crippen LogP contribution in [0.2, 0.25) is 0 Å². The van der Waals surface area contributed by atoms with Gasteiger partial charge in [-0.3, -0.25) is 8.98 Å². The molecule has 0 radical (unpaired) electrons. The van der Waals surface area contributed by atoms with Crippen molar-refractivity contribution < 1.29 is 22.1 Å². The van der Waals surface area contributed by atoms with Crippen molar-refractivity contribution in [2.75, 3.05) is 20.0 Å². The van der Waals surface area contributed by atoms with Crippen molar-refractivity contribution in [3.63, 3.8) is 0 Å². The smallest absolute Gasteiger partial charge is 0.309 e. The van der Waals surface area contributed by atoms with E-state index in [9.17, 15) is 13.2 Å². The van der Waals surface area contributed by atoms with Gasteiger partial charge in [0.1, 0.15) is 0 Å². The van der Waals surface area contributed by atoms with Crippen LogP contribution >= 0.6 is 0 Å². The molecule has 1 aliphatic rings. The lowest BCUT2D eigenvalue weighted by Gasteiger charge is -1.99. The molecule has 0 saturated heterocycles. The second-order valence-electron chi connectivity index (χ2n) is 3.11. The quantitative estimate of drug-likeness (QED) is 0.471. The van der Waals surface area contributed by atoms with Gasteiger partial charge >= 0.3 is 5.97 Å². The van der Waals surface area contributed by atoms with Crippen molar-refractivity contribution in [2.45, 2.75) is 6.42 Å². The van der Waals surface area contributed by atoms with E-state index in [0.717, 1.165) is 6.26 Å². The summed E-state index contributed by atoms with van der Waals surface area (Å²) in [6.07, 6.45) is 1.64. The lowest BCUT2D eigenvalue weighted by atomic mass is 10.3. The molecule has 0 aromatic carbocycles. The van der Waals surface area contributed by atoms with Gasteiger partial charge in [0, 0.05) is 0 Å². The van der Waals surface area contributed by atoms with E-state index in [1.54, 1.807) is 0 Å². The molecule has 0 spiro atoms. The first-order valence-corrected chi connectivity index (χ1v) is 5.68. The van der Waals surface area contributed by atoms with E-state index in [2.05, 4.69) is 8.92 Å². The van der Waals surface area contributed by atoms with Gasteiger partial charge in [-0.15, -0.1) is 0 Å². The first kappa shape index (κ1) is 10.5. The maximum absolute atomic E-state index is 10.9. The zero-order valence-corrected chi connectivity index (χ0v) is 8.33. The number of methoxy groups -OCH3 is 1. The van der Waals surface area contributed by atoms with E-state index in [4.69, 9.17) is 0 Å². The normalized spacial score (nSPS) is 26.9. The zero-order chi connectivity index (χ0) is 10.1. The van der Waals surface area contributed by atoms with Crippen molar-refractivity contribution in [2.24, 2.45) is 11.8 Å². The maximum atomic E-state index is 10.9. The fraction of sp³-hybridized carbons (Fsp3) is 0.857. The Hall–Kier alpha value is -0.620. The second-order valence-corrected chi connectivity index (χ2v) is 4.76. The van der Waals surface area contributed by atoms with Gasteiger partial charge in [0.15, 0.2) is 0 Å². The van der Waals surface area contributed by atoms with Gasteiger partial charge < -0.3 is 4.74 Å². The molecule has 1 aliphatic carbocycles. The van der Waals surface area contributed by atoms with Crippen LogP contribution < -0.4 is 0 Å². The number of ether oxygens (including phenoxy) is 1. The highest BCUT2D eigenvalue weighted by molar-refractivity contribution is 7.85. The Morgan fingerprint density at radius 3 is 2.62 bits per heavy atom. The number of carbonyl (C=O) groups is 1. The summed E-state index contributed by atoms with van der Waals surface area (Å²) < 4.78 is 30.2. The molecule has 13 heavy (non-hydrogen) atoms. The molecule has 2 atom stereocenters. The van der Waals surface area contributed by atoms with Gasteiger partial charge in [-0.2, -0.15) is 8.42 Å². The molecule has 0 heterocycles. The third kappa shape index (κ3) is 3.31. The van der Waals surface area contributed by atoms with Crippen LogP contribution in [-0.2, 0) is 23.8 Å². The number of esters is 1. The molecule has 76 valence electrons. The third-order valence-electron chi connectivity index (χ3n) is 1.92. The minimum absolute atomic E-state index is 0.00201. The van der Waals surface area contributed by atoms with Crippen LogP contribution in [0.15, 0.2) is 0 Å². The second kappa shape index (κ2) is 3.63. The average Bonchev–Trinajstić information content (AvgIpc) is 2.77. The third-order valence-corrected chi connectivity index (χ3v) is 2.49. The lowest BCUT2D eigenvalue weighted by Crippen LogP contribution is -2.10. The Labute approximate surface area is 77.1 Å².